The molecule has 2 fully saturated rings. The minimum Gasteiger partial charge on any atom is -0.480 e. The Morgan fingerprint density at radius 2 is 2.00 bits per heavy atom. The molecule has 0 aromatic rings. The van der Waals surface area contributed by atoms with Gasteiger partial charge in [-0.3, -0.25) is 9.69 Å². The molecule has 0 aromatic heterocycles. The molecule has 0 spiro atoms. The Hall–Kier alpha value is -0.610. The van der Waals surface area contributed by atoms with Gasteiger partial charge < -0.3 is 10.4 Å². The van der Waals surface area contributed by atoms with E-state index in [0.717, 1.165) is 12.5 Å². The van der Waals surface area contributed by atoms with E-state index < -0.39 is 11.5 Å². The van der Waals surface area contributed by atoms with Gasteiger partial charge in [0.15, 0.2) is 0 Å². The predicted molar refractivity (Wildman–Crippen MR) is 80.9 cm³/mol. The Bertz CT molecular complexity index is 345. The molecule has 2 rings (SSSR count). The highest BCUT2D eigenvalue weighted by Gasteiger charge is 2.39. The van der Waals surface area contributed by atoms with E-state index in [1.54, 1.807) is 14.0 Å². The molecule has 2 aliphatic rings. The van der Waals surface area contributed by atoms with Crippen LogP contribution < -0.4 is 5.32 Å². The second-order valence-corrected chi connectivity index (χ2v) is 6.93. The first kappa shape index (κ1) is 15.8. The quantitative estimate of drug-likeness (QED) is 0.813. The third-order valence-electron chi connectivity index (χ3n) is 5.58. The van der Waals surface area contributed by atoms with Gasteiger partial charge in [-0.2, -0.15) is 0 Å². The summed E-state index contributed by atoms with van der Waals surface area (Å²) in [6, 6.07) is 1.02. The molecule has 4 atom stereocenters. The summed E-state index contributed by atoms with van der Waals surface area (Å²) in [6.07, 6.45) is 8.71. The van der Waals surface area contributed by atoms with Gasteiger partial charge in [-0.25, -0.2) is 0 Å². The van der Waals surface area contributed by atoms with Crippen LogP contribution in [-0.2, 0) is 4.79 Å². The van der Waals surface area contributed by atoms with Crippen molar-refractivity contribution < 1.29 is 9.90 Å². The SMILES string of the molecule is CNC(C)(CC(C)N1CCCC2CCCCC21)C(=O)O. The van der Waals surface area contributed by atoms with Crippen molar-refractivity contribution in [3.63, 3.8) is 0 Å². The molecule has 1 aliphatic carbocycles. The number of hydrogen-bond donors (Lipinski definition) is 2. The molecule has 0 amide bonds. The van der Waals surface area contributed by atoms with Gasteiger partial charge in [0, 0.05) is 12.1 Å². The number of rotatable bonds is 5. The Morgan fingerprint density at radius 1 is 1.35 bits per heavy atom. The maximum atomic E-state index is 11.5. The predicted octanol–water partition coefficient (Wildman–Crippen LogP) is 2.48. The number of nitrogens with one attached hydrogen (secondary N) is 1. The summed E-state index contributed by atoms with van der Waals surface area (Å²) in [6.45, 7) is 5.14. The molecule has 0 radical (unpaired) electrons. The van der Waals surface area contributed by atoms with Gasteiger partial charge in [-0.1, -0.05) is 12.8 Å². The lowest BCUT2D eigenvalue weighted by atomic mass is 9.77. The molecule has 4 unspecified atom stereocenters. The van der Waals surface area contributed by atoms with Crippen LogP contribution in [0.2, 0.25) is 0 Å². The second-order valence-electron chi connectivity index (χ2n) is 6.93. The van der Waals surface area contributed by atoms with E-state index in [4.69, 9.17) is 0 Å². The molecule has 1 saturated carbocycles. The van der Waals surface area contributed by atoms with E-state index in [2.05, 4.69) is 17.1 Å². The van der Waals surface area contributed by atoms with Crippen LogP contribution in [0.4, 0.5) is 0 Å². The number of piperidine rings is 1. The van der Waals surface area contributed by atoms with Gasteiger partial charge in [0.25, 0.3) is 0 Å². The van der Waals surface area contributed by atoms with Crippen LogP contribution >= 0.6 is 0 Å². The van der Waals surface area contributed by atoms with Gasteiger partial charge in [0.2, 0.25) is 0 Å². The molecule has 4 heteroatoms. The number of aliphatic carboxylic acids is 1. The summed E-state index contributed by atoms with van der Waals surface area (Å²) in [5.41, 5.74) is -0.818. The Balaban J connectivity index is 2.03. The fraction of sp³-hybridized carbons (Fsp3) is 0.938. The van der Waals surface area contributed by atoms with Gasteiger partial charge >= 0.3 is 5.97 Å². The van der Waals surface area contributed by atoms with Crippen LogP contribution in [0.1, 0.15) is 58.8 Å². The molecule has 20 heavy (non-hydrogen) atoms. The Morgan fingerprint density at radius 3 is 2.65 bits per heavy atom. The third-order valence-corrected chi connectivity index (χ3v) is 5.58. The lowest BCUT2D eigenvalue weighted by molar-refractivity contribution is -0.145. The van der Waals surface area contributed by atoms with Crippen molar-refractivity contribution in [1.82, 2.24) is 10.2 Å². The van der Waals surface area contributed by atoms with Gasteiger partial charge in [0.05, 0.1) is 0 Å². The van der Waals surface area contributed by atoms with Crippen molar-refractivity contribution in [1.29, 1.82) is 0 Å². The van der Waals surface area contributed by atoms with Crippen LogP contribution in [0.5, 0.6) is 0 Å². The van der Waals surface area contributed by atoms with E-state index in [1.165, 1.54) is 38.5 Å². The van der Waals surface area contributed by atoms with Crippen LogP contribution in [0.3, 0.4) is 0 Å². The molecule has 0 bridgehead atoms. The lowest BCUT2D eigenvalue weighted by Gasteiger charge is -2.48. The van der Waals surface area contributed by atoms with Crippen molar-refractivity contribution in [2.45, 2.75) is 76.4 Å². The molecule has 2 N–H and O–H groups in total. The third kappa shape index (κ3) is 3.17. The van der Waals surface area contributed by atoms with Crippen LogP contribution in [0.15, 0.2) is 0 Å². The monoisotopic (exact) mass is 282 g/mol. The number of fused-ring (bicyclic) bond motifs is 1. The molecular formula is C16H30N2O2. The van der Waals surface area contributed by atoms with Gasteiger partial charge in [-0.05, 0) is 65.5 Å². The standard InChI is InChI=1S/C16H30N2O2/c1-12(11-16(2,17-3)15(19)20)18-10-6-8-13-7-4-5-9-14(13)18/h12-14,17H,4-11H2,1-3H3,(H,19,20). The summed E-state index contributed by atoms with van der Waals surface area (Å²) in [5, 5.41) is 12.4. The topological polar surface area (TPSA) is 52.6 Å². The number of carboxylic acids is 1. The van der Waals surface area contributed by atoms with E-state index in [1.807, 2.05) is 0 Å². The van der Waals surface area contributed by atoms with Crippen molar-refractivity contribution in [2.75, 3.05) is 13.6 Å². The second kappa shape index (κ2) is 6.44. The minimum absolute atomic E-state index is 0.328. The highest BCUT2D eigenvalue weighted by Crippen LogP contribution is 2.37. The van der Waals surface area contributed by atoms with Crippen LogP contribution in [0, 0.1) is 5.92 Å². The molecule has 1 aliphatic heterocycles. The van der Waals surface area contributed by atoms with Crippen LogP contribution in [0.25, 0.3) is 0 Å². The largest absolute Gasteiger partial charge is 0.480 e. The number of carbonyl (C=O) groups is 1. The first-order valence-corrected chi connectivity index (χ1v) is 8.16. The van der Waals surface area contributed by atoms with Gasteiger partial charge in [-0.15, -0.1) is 0 Å². The number of carboxylic acid groups (broad SMARTS) is 1. The highest BCUT2D eigenvalue weighted by atomic mass is 16.4. The first-order chi connectivity index (χ1) is 9.48. The molecule has 1 saturated heterocycles. The molecule has 1 heterocycles. The van der Waals surface area contributed by atoms with E-state index in [-0.39, 0.29) is 0 Å². The van der Waals surface area contributed by atoms with Crippen molar-refractivity contribution in [2.24, 2.45) is 5.92 Å². The van der Waals surface area contributed by atoms with E-state index in [0.29, 0.717) is 18.5 Å². The van der Waals surface area contributed by atoms with E-state index >= 15 is 0 Å². The average Bonchev–Trinajstić information content (AvgIpc) is 2.46. The van der Waals surface area contributed by atoms with Crippen molar-refractivity contribution >= 4 is 5.97 Å². The Labute approximate surface area is 122 Å². The summed E-state index contributed by atoms with van der Waals surface area (Å²) in [5.74, 6) is 0.106. The fourth-order valence-electron chi connectivity index (χ4n) is 4.21. The highest BCUT2D eigenvalue weighted by molar-refractivity contribution is 5.78. The molecule has 4 nitrogen and oxygen atoms in total. The molecule has 0 aromatic carbocycles. The van der Waals surface area contributed by atoms with Crippen LogP contribution in [-0.4, -0.2) is 47.2 Å². The number of hydrogen-bond acceptors (Lipinski definition) is 3. The number of nitrogens with zero attached hydrogens (tertiary/aromatic N) is 1. The summed E-state index contributed by atoms with van der Waals surface area (Å²) in [4.78, 5) is 14.1. The van der Waals surface area contributed by atoms with Crippen molar-refractivity contribution in [3.8, 4) is 0 Å². The zero-order valence-corrected chi connectivity index (χ0v) is 13.2. The summed E-state index contributed by atoms with van der Waals surface area (Å²) < 4.78 is 0. The Kier molecular flexibility index (Phi) is 5.08. The van der Waals surface area contributed by atoms with Crippen molar-refractivity contribution in [3.05, 3.63) is 0 Å². The molecular weight excluding hydrogens is 252 g/mol. The fourth-order valence-corrected chi connectivity index (χ4v) is 4.21. The lowest BCUT2D eigenvalue weighted by Crippen LogP contribution is -2.56. The first-order valence-electron chi connectivity index (χ1n) is 8.16. The zero-order chi connectivity index (χ0) is 14.8. The summed E-state index contributed by atoms with van der Waals surface area (Å²) >= 11 is 0. The zero-order valence-electron chi connectivity index (χ0n) is 13.2. The maximum Gasteiger partial charge on any atom is 0.323 e. The number of likely N-dealkylation sites (N-methyl/N-ethyl adjacent to an activating group) is 1. The average molecular weight is 282 g/mol. The molecule has 116 valence electrons. The minimum atomic E-state index is -0.818. The van der Waals surface area contributed by atoms with Gasteiger partial charge in [0.1, 0.15) is 5.54 Å². The summed E-state index contributed by atoms with van der Waals surface area (Å²) in [7, 11) is 1.75. The maximum absolute atomic E-state index is 11.5. The number of likely N-dealkylation sites (tertiary alicyclic amines) is 1. The van der Waals surface area contributed by atoms with E-state index in [9.17, 15) is 9.90 Å². The smallest absolute Gasteiger partial charge is 0.323 e. The normalized spacial score (nSPS) is 32.1.